The summed E-state index contributed by atoms with van der Waals surface area (Å²) >= 11 is 0. The first kappa shape index (κ1) is 14.5. The van der Waals surface area contributed by atoms with Crippen LogP contribution in [0.2, 0.25) is 0 Å². The maximum Gasteiger partial charge on any atom is 0.0826 e. The van der Waals surface area contributed by atoms with E-state index < -0.39 is 0 Å². The molecular weight excluding hydrogens is 236 g/mol. The zero-order valence-corrected chi connectivity index (χ0v) is 12.1. The van der Waals surface area contributed by atoms with Crippen LogP contribution < -0.4 is 5.32 Å². The molecule has 19 heavy (non-hydrogen) atoms. The third kappa shape index (κ3) is 4.60. The molecule has 1 N–H and O–H groups in total. The Balaban J connectivity index is 1.85. The molecule has 2 rings (SSSR count). The number of likely N-dealkylation sites (N-methyl/N-ethyl adjacent to an activating group) is 1. The summed E-state index contributed by atoms with van der Waals surface area (Å²) in [5, 5.41) is 3.40. The molecule has 0 amide bonds. The summed E-state index contributed by atoms with van der Waals surface area (Å²) in [6.45, 7) is 6.09. The third-order valence-corrected chi connectivity index (χ3v) is 3.90. The summed E-state index contributed by atoms with van der Waals surface area (Å²) in [6, 6.07) is 11.3. The fourth-order valence-electron chi connectivity index (χ4n) is 2.71. The highest BCUT2D eigenvalue weighted by atomic mass is 16.5. The molecule has 1 aliphatic rings. The van der Waals surface area contributed by atoms with Crippen LogP contribution in [0.15, 0.2) is 30.3 Å². The molecule has 0 aliphatic carbocycles. The molecule has 2 unspecified atom stereocenters. The number of morpholine rings is 1. The number of nitrogens with zero attached hydrogens (tertiary/aromatic N) is 1. The second-order valence-electron chi connectivity index (χ2n) is 5.39. The quantitative estimate of drug-likeness (QED) is 0.848. The van der Waals surface area contributed by atoms with E-state index in [9.17, 15) is 0 Å². The molecule has 1 fully saturated rings. The Labute approximate surface area is 116 Å². The van der Waals surface area contributed by atoms with Crippen LogP contribution in [0.4, 0.5) is 0 Å². The van der Waals surface area contributed by atoms with Gasteiger partial charge in [0.05, 0.1) is 12.7 Å². The zero-order chi connectivity index (χ0) is 13.5. The van der Waals surface area contributed by atoms with Gasteiger partial charge < -0.3 is 15.0 Å². The van der Waals surface area contributed by atoms with E-state index in [-0.39, 0.29) is 0 Å². The number of benzene rings is 1. The van der Waals surface area contributed by atoms with Crippen LogP contribution >= 0.6 is 0 Å². The van der Waals surface area contributed by atoms with Crippen molar-refractivity contribution in [2.45, 2.75) is 31.9 Å². The maximum absolute atomic E-state index is 5.79. The number of nitrogens with one attached hydrogen (secondary N) is 1. The van der Waals surface area contributed by atoms with Gasteiger partial charge in [-0.1, -0.05) is 37.3 Å². The van der Waals surface area contributed by atoms with E-state index in [0.29, 0.717) is 12.1 Å². The Morgan fingerprint density at radius 1 is 1.37 bits per heavy atom. The van der Waals surface area contributed by atoms with Crippen LogP contribution in [0.5, 0.6) is 0 Å². The van der Waals surface area contributed by atoms with Crippen molar-refractivity contribution in [2.75, 3.05) is 33.3 Å². The molecule has 3 nitrogen and oxygen atoms in total. The minimum absolute atomic E-state index is 0.337. The lowest BCUT2D eigenvalue weighted by molar-refractivity contribution is 0.00251. The van der Waals surface area contributed by atoms with Gasteiger partial charge in [0.15, 0.2) is 0 Å². The van der Waals surface area contributed by atoms with Crippen molar-refractivity contribution in [2.24, 2.45) is 0 Å². The number of hydrogen-bond donors (Lipinski definition) is 1. The Morgan fingerprint density at radius 2 is 2.16 bits per heavy atom. The standard InChI is InChI=1S/C16H26N2O/c1-3-15(11-14-7-5-4-6-8-14)18(2)13-16-12-17-9-10-19-16/h4-8,15-17H,3,9-13H2,1-2H3. The van der Waals surface area contributed by atoms with Gasteiger partial charge in [0, 0.05) is 25.7 Å². The van der Waals surface area contributed by atoms with E-state index in [2.05, 4.69) is 54.5 Å². The van der Waals surface area contributed by atoms with E-state index in [4.69, 9.17) is 4.74 Å². The predicted molar refractivity (Wildman–Crippen MR) is 79.5 cm³/mol. The summed E-state index contributed by atoms with van der Waals surface area (Å²) in [4.78, 5) is 2.45. The van der Waals surface area contributed by atoms with Crippen molar-refractivity contribution in [3.8, 4) is 0 Å². The van der Waals surface area contributed by atoms with Crippen LogP contribution in [-0.2, 0) is 11.2 Å². The zero-order valence-electron chi connectivity index (χ0n) is 12.1. The minimum Gasteiger partial charge on any atom is -0.374 e. The van der Waals surface area contributed by atoms with Crippen LogP contribution in [0.1, 0.15) is 18.9 Å². The molecule has 1 aromatic rings. The van der Waals surface area contributed by atoms with Gasteiger partial charge in [-0.3, -0.25) is 0 Å². The van der Waals surface area contributed by atoms with Crippen molar-refractivity contribution >= 4 is 0 Å². The molecule has 1 aliphatic heterocycles. The highest BCUT2D eigenvalue weighted by molar-refractivity contribution is 5.15. The van der Waals surface area contributed by atoms with Gasteiger partial charge in [0.1, 0.15) is 0 Å². The molecule has 2 atom stereocenters. The normalized spacial score (nSPS) is 21.5. The lowest BCUT2D eigenvalue weighted by Crippen LogP contribution is -2.47. The van der Waals surface area contributed by atoms with Crippen molar-refractivity contribution in [3.05, 3.63) is 35.9 Å². The molecular formula is C16H26N2O. The minimum atomic E-state index is 0.337. The highest BCUT2D eigenvalue weighted by Gasteiger charge is 2.20. The van der Waals surface area contributed by atoms with Crippen LogP contribution in [0.25, 0.3) is 0 Å². The first-order valence-electron chi connectivity index (χ1n) is 7.36. The lowest BCUT2D eigenvalue weighted by Gasteiger charge is -2.32. The van der Waals surface area contributed by atoms with Crippen molar-refractivity contribution < 1.29 is 4.74 Å². The Morgan fingerprint density at radius 3 is 2.79 bits per heavy atom. The summed E-state index contributed by atoms with van der Waals surface area (Å²) in [6.07, 6.45) is 2.63. The lowest BCUT2D eigenvalue weighted by atomic mass is 10.0. The van der Waals surface area contributed by atoms with Gasteiger partial charge in [-0.15, -0.1) is 0 Å². The Bertz CT molecular complexity index is 349. The number of rotatable bonds is 6. The topological polar surface area (TPSA) is 24.5 Å². The Hall–Kier alpha value is -0.900. The SMILES string of the molecule is CCC(Cc1ccccc1)N(C)CC1CNCCO1. The Kier molecular flexibility index (Phi) is 5.83. The van der Waals surface area contributed by atoms with Gasteiger partial charge in [-0.2, -0.15) is 0 Å². The summed E-state index contributed by atoms with van der Waals surface area (Å²) in [5.41, 5.74) is 1.42. The van der Waals surface area contributed by atoms with E-state index in [1.54, 1.807) is 0 Å². The summed E-state index contributed by atoms with van der Waals surface area (Å²) in [5.74, 6) is 0. The van der Waals surface area contributed by atoms with Crippen molar-refractivity contribution in [1.29, 1.82) is 0 Å². The second kappa shape index (κ2) is 7.63. The van der Waals surface area contributed by atoms with Crippen LogP contribution in [0, 0.1) is 0 Å². The smallest absolute Gasteiger partial charge is 0.0826 e. The maximum atomic E-state index is 5.79. The summed E-state index contributed by atoms with van der Waals surface area (Å²) < 4.78 is 5.79. The molecule has 1 heterocycles. The second-order valence-corrected chi connectivity index (χ2v) is 5.39. The van der Waals surface area contributed by atoms with E-state index in [0.717, 1.165) is 32.7 Å². The molecule has 1 saturated heterocycles. The van der Waals surface area contributed by atoms with Gasteiger partial charge >= 0.3 is 0 Å². The van der Waals surface area contributed by atoms with E-state index in [1.165, 1.54) is 12.0 Å². The number of hydrogen-bond acceptors (Lipinski definition) is 3. The molecule has 0 aromatic heterocycles. The largest absolute Gasteiger partial charge is 0.374 e. The fourth-order valence-corrected chi connectivity index (χ4v) is 2.71. The predicted octanol–water partition coefficient (Wildman–Crippen LogP) is 1.93. The van der Waals surface area contributed by atoms with Gasteiger partial charge in [-0.25, -0.2) is 0 Å². The van der Waals surface area contributed by atoms with Gasteiger partial charge in [0.2, 0.25) is 0 Å². The van der Waals surface area contributed by atoms with Gasteiger partial charge in [0.25, 0.3) is 0 Å². The average Bonchev–Trinajstić information content (AvgIpc) is 2.47. The molecule has 0 radical (unpaired) electrons. The van der Waals surface area contributed by atoms with Crippen molar-refractivity contribution in [3.63, 3.8) is 0 Å². The van der Waals surface area contributed by atoms with E-state index in [1.807, 2.05) is 0 Å². The van der Waals surface area contributed by atoms with Gasteiger partial charge in [-0.05, 0) is 25.5 Å². The van der Waals surface area contributed by atoms with Crippen LogP contribution in [-0.4, -0.2) is 50.3 Å². The monoisotopic (exact) mass is 262 g/mol. The highest BCUT2D eigenvalue weighted by Crippen LogP contribution is 2.12. The first-order valence-corrected chi connectivity index (χ1v) is 7.36. The molecule has 0 saturated carbocycles. The third-order valence-electron chi connectivity index (χ3n) is 3.90. The molecule has 106 valence electrons. The average molecular weight is 262 g/mol. The first-order chi connectivity index (χ1) is 9.29. The molecule has 0 spiro atoms. The van der Waals surface area contributed by atoms with Crippen molar-refractivity contribution in [1.82, 2.24) is 10.2 Å². The fraction of sp³-hybridized carbons (Fsp3) is 0.625. The van der Waals surface area contributed by atoms with Crippen LogP contribution in [0.3, 0.4) is 0 Å². The molecule has 0 bridgehead atoms. The number of ether oxygens (including phenoxy) is 1. The summed E-state index contributed by atoms with van der Waals surface area (Å²) in [7, 11) is 2.22. The molecule has 1 aromatic carbocycles. The molecule has 3 heteroatoms. The van der Waals surface area contributed by atoms with E-state index >= 15 is 0 Å².